The molecule has 178 valence electrons. The van der Waals surface area contributed by atoms with Crippen LogP contribution in [0.4, 0.5) is 0 Å². The van der Waals surface area contributed by atoms with Crippen LogP contribution < -0.4 is 14.8 Å². The first kappa shape index (κ1) is 22.9. The van der Waals surface area contributed by atoms with Gasteiger partial charge in [0.1, 0.15) is 17.6 Å². The Morgan fingerprint density at radius 2 is 1.88 bits per heavy atom. The molecule has 3 aromatic rings. The molecule has 0 spiro atoms. The summed E-state index contributed by atoms with van der Waals surface area (Å²) in [6.45, 7) is 4.02. The van der Waals surface area contributed by atoms with Crippen molar-refractivity contribution in [3.63, 3.8) is 0 Å². The maximum Gasteiger partial charge on any atom is 0.226 e. The molecular weight excluding hydrogens is 444 g/mol. The summed E-state index contributed by atoms with van der Waals surface area (Å²) < 4.78 is 12.6. The molecule has 1 amide bonds. The quantitative estimate of drug-likeness (QED) is 0.483. The number of carbonyl (C=O) groups is 1. The molecule has 5 rings (SSSR count). The molecule has 1 fully saturated rings. The summed E-state index contributed by atoms with van der Waals surface area (Å²) in [6, 6.07) is 16.9. The average Bonchev–Trinajstić information content (AvgIpc) is 3.16. The van der Waals surface area contributed by atoms with Crippen LogP contribution in [0.3, 0.4) is 0 Å². The molecule has 1 unspecified atom stereocenters. The number of aryl methyl sites for hydroxylation is 3. The minimum atomic E-state index is 0.0706. The van der Waals surface area contributed by atoms with E-state index in [0.29, 0.717) is 6.42 Å². The number of benzene rings is 2. The van der Waals surface area contributed by atoms with Gasteiger partial charge in [-0.25, -0.2) is 4.98 Å². The predicted molar refractivity (Wildman–Crippen MR) is 135 cm³/mol. The molecule has 1 atom stereocenters. The topological polar surface area (TPSA) is 60.5 Å². The minimum Gasteiger partial charge on any atom is -0.490 e. The summed E-state index contributed by atoms with van der Waals surface area (Å²) in [4.78, 5) is 18.1. The number of hydrogen-bond acceptors (Lipinski definition) is 5. The molecule has 6 heteroatoms. The number of amides is 1. The van der Waals surface area contributed by atoms with Gasteiger partial charge in [-0.1, -0.05) is 30.3 Å². The molecule has 1 aromatic heterocycles. The summed E-state index contributed by atoms with van der Waals surface area (Å²) >= 11 is 1.65. The van der Waals surface area contributed by atoms with Gasteiger partial charge in [0.15, 0.2) is 0 Å². The number of ether oxygens (including phenoxy) is 2. The van der Waals surface area contributed by atoms with E-state index in [1.807, 2.05) is 32.0 Å². The van der Waals surface area contributed by atoms with Gasteiger partial charge in [0.25, 0.3) is 0 Å². The monoisotopic (exact) mass is 476 g/mol. The first-order valence-electron chi connectivity index (χ1n) is 12.3. The van der Waals surface area contributed by atoms with Crippen molar-refractivity contribution in [2.24, 2.45) is 0 Å². The highest BCUT2D eigenvalue weighted by atomic mass is 32.1. The lowest BCUT2D eigenvalue weighted by Gasteiger charge is -2.30. The Bertz CT molecular complexity index is 1140. The zero-order chi connectivity index (χ0) is 23.5. The highest BCUT2D eigenvalue weighted by Gasteiger charge is 2.25. The van der Waals surface area contributed by atoms with E-state index < -0.39 is 0 Å². The third-order valence-electron chi connectivity index (χ3n) is 6.82. The number of carbonyl (C=O) groups excluding carboxylic acids is 1. The van der Waals surface area contributed by atoms with Gasteiger partial charge in [-0.3, -0.25) is 4.79 Å². The fourth-order valence-corrected chi connectivity index (χ4v) is 5.86. The van der Waals surface area contributed by atoms with Crippen molar-refractivity contribution in [3.05, 3.63) is 75.2 Å². The second kappa shape index (κ2) is 10.2. The SMILES string of the molecule is Cc1nc(CC(=O)NC2CCC(Oc3ccc4c(c3)CCC(c3ccccc3)O4)CC2)c(C)s1. The van der Waals surface area contributed by atoms with Gasteiger partial charge in [0.2, 0.25) is 5.91 Å². The molecule has 2 heterocycles. The Labute approximate surface area is 205 Å². The smallest absolute Gasteiger partial charge is 0.226 e. The highest BCUT2D eigenvalue weighted by Crippen LogP contribution is 2.37. The van der Waals surface area contributed by atoms with Crippen LogP contribution in [0.25, 0.3) is 0 Å². The highest BCUT2D eigenvalue weighted by molar-refractivity contribution is 7.11. The van der Waals surface area contributed by atoms with Gasteiger partial charge >= 0.3 is 0 Å². The maximum absolute atomic E-state index is 12.5. The van der Waals surface area contributed by atoms with Crippen LogP contribution in [0, 0.1) is 13.8 Å². The third kappa shape index (κ3) is 5.44. The van der Waals surface area contributed by atoms with Gasteiger partial charge in [-0.15, -0.1) is 11.3 Å². The second-order valence-corrected chi connectivity index (χ2v) is 10.8. The Hall–Kier alpha value is -2.86. The standard InChI is InChI=1S/C28H32N2O3S/c1-18-25(29-19(2)34-18)17-28(31)30-22-9-11-23(12-10-22)32-24-13-15-27-21(16-24)8-14-26(33-27)20-6-4-3-5-7-20/h3-7,13,15-16,22-23,26H,8-12,14,17H2,1-2H3,(H,30,31). The van der Waals surface area contributed by atoms with Crippen LogP contribution in [-0.2, 0) is 17.6 Å². The van der Waals surface area contributed by atoms with Crippen LogP contribution in [0.2, 0.25) is 0 Å². The van der Waals surface area contributed by atoms with Crippen LogP contribution >= 0.6 is 11.3 Å². The molecule has 1 N–H and O–H groups in total. The average molecular weight is 477 g/mol. The van der Waals surface area contributed by atoms with Gasteiger partial charge in [0, 0.05) is 10.9 Å². The lowest BCUT2D eigenvalue weighted by atomic mass is 9.92. The van der Waals surface area contributed by atoms with Crippen LogP contribution in [0.15, 0.2) is 48.5 Å². The zero-order valence-electron chi connectivity index (χ0n) is 19.9. The molecule has 2 aromatic carbocycles. The fraction of sp³-hybridized carbons (Fsp3) is 0.429. The molecular formula is C28H32N2O3S. The molecule has 0 radical (unpaired) electrons. The molecule has 1 saturated carbocycles. The van der Waals surface area contributed by atoms with Crippen molar-refractivity contribution >= 4 is 17.2 Å². The number of hydrogen-bond donors (Lipinski definition) is 1. The lowest BCUT2D eigenvalue weighted by molar-refractivity contribution is -0.121. The van der Waals surface area contributed by atoms with E-state index in [-0.39, 0.29) is 24.2 Å². The van der Waals surface area contributed by atoms with Gasteiger partial charge in [-0.05, 0) is 81.7 Å². The first-order chi connectivity index (χ1) is 16.5. The molecule has 2 aliphatic rings. The predicted octanol–water partition coefficient (Wildman–Crippen LogP) is 5.88. The van der Waals surface area contributed by atoms with E-state index >= 15 is 0 Å². The Morgan fingerprint density at radius 3 is 2.62 bits per heavy atom. The van der Waals surface area contributed by atoms with E-state index in [2.05, 4.69) is 40.6 Å². The molecule has 5 nitrogen and oxygen atoms in total. The fourth-order valence-electron chi connectivity index (χ4n) is 5.02. The van der Waals surface area contributed by atoms with E-state index in [4.69, 9.17) is 9.47 Å². The van der Waals surface area contributed by atoms with Gasteiger partial charge < -0.3 is 14.8 Å². The van der Waals surface area contributed by atoms with Crippen molar-refractivity contribution in [3.8, 4) is 11.5 Å². The summed E-state index contributed by atoms with van der Waals surface area (Å²) in [7, 11) is 0. The molecule has 1 aliphatic carbocycles. The van der Waals surface area contributed by atoms with Crippen molar-refractivity contribution < 1.29 is 14.3 Å². The summed E-state index contributed by atoms with van der Waals surface area (Å²) in [5.74, 6) is 1.95. The number of nitrogens with zero attached hydrogens (tertiary/aromatic N) is 1. The first-order valence-corrected chi connectivity index (χ1v) is 13.1. The minimum absolute atomic E-state index is 0.0706. The number of thiazole rings is 1. The van der Waals surface area contributed by atoms with E-state index in [1.165, 1.54) is 11.1 Å². The van der Waals surface area contributed by atoms with Gasteiger partial charge in [0.05, 0.1) is 23.2 Å². The summed E-state index contributed by atoms with van der Waals surface area (Å²) in [6.07, 6.45) is 6.43. The van der Waals surface area contributed by atoms with Crippen LogP contribution in [0.5, 0.6) is 11.5 Å². The largest absolute Gasteiger partial charge is 0.490 e. The number of rotatable bonds is 6. The molecule has 1 aliphatic heterocycles. The van der Waals surface area contributed by atoms with Gasteiger partial charge in [-0.2, -0.15) is 0 Å². The summed E-state index contributed by atoms with van der Waals surface area (Å²) in [5, 5.41) is 4.22. The van der Waals surface area contributed by atoms with E-state index in [0.717, 1.165) is 65.6 Å². The Balaban J connectivity index is 1.10. The van der Waals surface area contributed by atoms with E-state index in [9.17, 15) is 4.79 Å². The lowest BCUT2D eigenvalue weighted by Crippen LogP contribution is -2.40. The maximum atomic E-state index is 12.5. The van der Waals surface area contributed by atoms with Crippen LogP contribution in [0.1, 0.15) is 64.9 Å². The number of aromatic nitrogens is 1. The van der Waals surface area contributed by atoms with Crippen molar-refractivity contribution in [2.75, 3.05) is 0 Å². The normalized spacial score (nSPS) is 21.9. The Kier molecular flexibility index (Phi) is 6.86. The van der Waals surface area contributed by atoms with Crippen molar-refractivity contribution in [2.45, 2.75) is 77.0 Å². The van der Waals surface area contributed by atoms with Crippen molar-refractivity contribution in [1.29, 1.82) is 0 Å². The zero-order valence-corrected chi connectivity index (χ0v) is 20.7. The molecule has 0 saturated heterocycles. The summed E-state index contributed by atoms with van der Waals surface area (Å²) in [5.41, 5.74) is 3.36. The third-order valence-corrected chi connectivity index (χ3v) is 7.75. The molecule has 0 bridgehead atoms. The van der Waals surface area contributed by atoms with Crippen LogP contribution in [-0.4, -0.2) is 23.0 Å². The van der Waals surface area contributed by atoms with E-state index in [1.54, 1.807) is 11.3 Å². The number of fused-ring (bicyclic) bond motifs is 1. The second-order valence-electron chi connectivity index (χ2n) is 9.40. The number of nitrogens with one attached hydrogen (secondary N) is 1. The molecule has 34 heavy (non-hydrogen) atoms. The Morgan fingerprint density at radius 1 is 1.09 bits per heavy atom. The van der Waals surface area contributed by atoms with Crippen molar-refractivity contribution in [1.82, 2.24) is 10.3 Å².